The quantitative estimate of drug-likeness (QED) is 0.824. The highest BCUT2D eigenvalue weighted by Crippen LogP contribution is 2.26. The lowest BCUT2D eigenvalue weighted by Gasteiger charge is -2.34. The molecule has 7 heteroatoms. The number of carboxylic acid groups (broad SMARTS) is 1. The van der Waals surface area contributed by atoms with Crippen molar-refractivity contribution in [1.29, 1.82) is 0 Å². The summed E-state index contributed by atoms with van der Waals surface area (Å²) < 4.78 is 0. The smallest absolute Gasteiger partial charge is 0.347 e. The first-order chi connectivity index (χ1) is 8.13. The van der Waals surface area contributed by atoms with E-state index in [1.807, 2.05) is 11.8 Å². The van der Waals surface area contributed by atoms with Gasteiger partial charge in [0.1, 0.15) is 10.9 Å². The minimum Gasteiger partial charge on any atom is -0.477 e. The van der Waals surface area contributed by atoms with Crippen LogP contribution in [0.2, 0.25) is 0 Å². The number of carbonyl (C=O) groups is 2. The first-order valence-electron chi connectivity index (χ1n) is 5.37. The van der Waals surface area contributed by atoms with Crippen molar-refractivity contribution in [3.05, 3.63) is 11.1 Å². The van der Waals surface area contributed by atoms with E-state index in [2.05, 4.69) is 10.3 Å². The molecule has 1 aromatic rings. The zero-order valence-electron chi connectivity index (χ0n) is 9.34. The highest BCUT2D eigenvalue weighted by molar-refractivity contribution is 7.17. The maximum Gasteiger partial charge on any atom is 0.347 e. The second-order valence-electron chi connectivity index (χ2n) is 3.72. The van der Waals surface area contributed by atoms with Gasteiger partial charge >= 0.3 is 5.97 Å². The molecule has 1 unspecified atom stereocenters. The first-order valence-corrected chi connectivity index (χ1v) is 6.18. The third-order valence-electron chi connectivity index (χ3n) is 2.67. The lowest BCUT2D eigenvalue weighted by molar-refractivity contribution is -0.123. The molecule has 0 saturated carbocycles. The van der Waals surface area contributed by atoms with Crippen LogP contribution in [0.3, 0.4) is 0 Å². The number of nitrogens with one attached hydrogen (secondary N) is 1. The molecule has 0 aromatic carbocycles. The Labute approximate surface area is 102 Å². The van der Waals surface area contributed by atoms with Crippen molar-refractivity contribution in [2.75, 3.05) is 18.0 Å². The van der Waals surface area contributed by atoms with Crippen LogP contribution in [0.4, 0.5) is 5.13 Å². The van der Waals surface area contributed by atoms with Gasteiger partial charge in [-0.3, -0.25) is 4.79 Å². The highest BCUT2D eigenvalue weighted by atomic mass is 32.1. The third kappa shape index (κ3) is 2.23. The van der Waals surface area contributed by atoms with Crippen molar-refractivity contribution in [2.45, 2.75) is 19.4 Å². The molecule has 1 aliphatic heterocycles. The molecule has 0 spiro atoms. The normalized spacial score (nSPS) is 20.2. The maximum atomic E-state index is 11.7. The van der Waals surface area contributed by atoms with E-state index in [9.17, 15) is 9.59 Å². The average molecular weight is 255 g/mol. The molecule has 0 radical (unpaired) electrons. The lowest BCUT2D eigenvalue weighted by atomic mass is 10.1. The average Bonchev–Trinajstić information content (AvgIpc) is 2.77. The van der Waals surface area contributed by atoms with Crippen molar-refractivity contribution in [3.63, 3.8) is 0 Å². The Bertz CT molecular complexity index is 446. The number of hydrogen-bond donors (Lipinski definition) is 2. The van der Waals surface area contributed by atoms with Crippen LogP contribution in [0.25, 0.3) is 0 Å². The summed E-state index contributed by atoms with van der Waals surface area (Å²) in [5.74, 6) is -1.01. The van der Waals surface area contributed by atoms with Gasteiger partial charge in [-0.1, -0.05) is 18.3 Å². The molecule has 1 aliphatic rings. The lowest BCUT2D eigenvalue weighted by Crippen LogP contribution is -2.55. The van der Waals surface area contributed by atoms with E-state index in [1.165, 1.54) is 6.20 Å². The number of hydrogen-bond acceptors (Lipinski definition) is 5. The van der Waals surface area contributed by atoms with Crippen LogP contribution in [0, 0.1) is 0 Å². The van der Waals surface area contributed by atoms with Crippen molar-refractivity contribution in [1.82, 2.24) is 10.3 Å². The van der Waals surface area contributed by atoms with E-state index in [1.54, 1.807) is 0 Å². The molecular formula is C10H13N3O3S. The van der Waals surface area contributed by atoms with Crippen LogP contribution in [0.1, 0.15) is 23.0 Å². The van der Waals surface area contributed by atoms with Gasteiger partial charge < -0.3 is 15.3 Å². The van der Waals surface area contributed by atoms with Crippen LogP contribution >= 0.6 is 11.3 Å². The molecule has 2 rings (SSSR count). The van der Waals surface area contributed by atoms with Crippen LogP contribution in [0.5, 0.6) is 0 Å². The number of piperazine rings is 1. The zero-order chi connectivity index (χ0) is 12.4. The molecule has 17 heavy (non-hydrogen) atoms. The summed E-state index contributed by atoms with van der Waals surface area (Å²) in [6.45, 7) is 3.16. The number of thiazole rings is 1. The minimum absolute atomic E-state index is 0.0224. The molecule has 1 aromatic heterocycles. The summed E-state index contributed by atoms with van der Waals surface area (Å²) in [6.07, 6.45) is 2.01. The number of rotatable bonds is 3. The van der Waals surface area contributed by atoms with Crippen LogP contribution in [-0.2, 0) is 4.79 Å². The minimum atomic E-state index is -0.983. The SMILES string of the molecule is CCC1C(=O)NCCN1c1ncc(C(=O)O)s1. The Morgan fingerprint density at radius 1 is 1.76 bits per heavy atom. The van der Waals surface area contributed by atoms with Crippen molar-refractivity contribution in [3.8, 4) is 0 Å². The molecule has 92 valence electrons. The molecule has 1 saturated heterocycles. The van der Waals surface area contributed by atoms with Gasteiger partial charge in [-0.05, 0) is 6.42 Å². The molecule has 6 nitrogen and oxygen atoms in total. The molecule has 0 aliphatic carbocycles. The maximum absolute atomic E-state index is 11.7. The van der Waals surface area contributed by atoms with E-state index < -0.39 is 5.97 Å². The summed E-state index contributed by atoms with van der Waals surface area (Å²) in [5.41, 5.74) is 0. The number of amides is 1. The summed E-state index contributed by atoms with van der Waals surface area (Å²) in [6, 6.07) is -0.253. The van der Waals surface area contributed by atoms with Gasteiger partial charge in [-0.25, -0.2) is 9.78 Å². The van der Waals surface area contributed by atoms with E-state index >= 15 is 0 Å². The number of carboxylic acids is 1. The number of aromatic carboxylic acids is 1. The van der Waals surface area contributed by atoms with Crippen LogP contribution < -0.4 is 10.2 Å². The molecule has 1 fully saturated rings. The summed E-state index contributed by atoms with van der Waals surface area (Å²) >= 11 is 1.10. The van der Waals surface area contributed by atoms with Crippen molar-refractivity contribution >= 4 is 28.3 Å². The fraction of sp³-hybridized carbons (Fsp3) is 0.500. The monoisotopic (exact) mass is 255 g/mol. The Balaban J connectivity index is 2.24. The summed E-state index contributed by atoms with van der Waals surface area (Å²) in [7, 11) is 0. The standard InChI is InChI=1S/C10H13N3O3S/c1-2-6-8(14)11-3-4-13(6)10-12-5-7(17-10)9(15)16/h5-6H,2-4H2,1H3,(H,11,14)(H,15,16). The molecule has 2 N–H and O–H groups in total. The Hall–Kier alpha value is -1.63. The van der Waals surface area contributed by atoms with E-state index in [4.69, 9.17) is 5.11 Å². The number of aromatic nitrogens is 1. The number of anilines is 1. The van der Waals surface area contributed by atoms with Crippen LogP contribution in [-0.4, -0.2) is 41.1 Å². The zero-order valence-corrected chi connectivity index (χ0v) is 10.2. The largest absolute Gasteiger partial charge is 0.477 e. The van der Waals surface area contributed by atoms with E-state index in [-0.39, 0.29) is 16.8 Å². The molecule has 1 atom stereocenters. The first kappa shape index (κ1) is 11.8. The van der Waals surface area contributed by atoms with Gasteiger partial charge in [0, 0.05) is 13.1 Å². The predicted molar refractivity (Wildman–Crippen MR) is 63.5 cm³/mol. The van der Waals surface area contributed by atoms with Gasteiger partial charge in [0.25, 0.3) is 0 Å². The Morgan fingerprint density at radius 3 is 3.12 bits per heavy atom. The van der Waals surface area contributed by atoms with Gasteiger partial charge in [0.2, 0.25) is 5.91 Å². The molecule has 1 amide bonds. The summed E-state index contributed by atoms with van der Waals surface area (Å²) in [4.78, 5) is 28.6. The Morgan fingerprint density at radius 2 is 2.53 bits per heavy atom. The van der Waals surface area contributed by atoms with Crippen molar-refractivity contribution in [2.24, 2.45) is 0 Å². The van der Waals surface area contributed by atoms with Crippen molar-refractivity contribution < 1.29 is 14.7 Å². The fourth-order valence-corrected chi connectivity index (χ4v) is 2.68. The second kappa shape index (κ2) is 4.70. The van der Waals surface area contributed by atoms with Gasteiger partial charge in [-0.15, -0.1) is 0 Å². The van der Waals surface area contributed by atoms with Gasteiger partial charge in [0.05, 0.1) is 6.20 Å². The number of carbonyl (C=O) groups excluding carboxylic acids is 1. The summed E-state index contributed by atoms with van der Waals surface area (Å²) in [5, 5.41) is 12.2. The highest BCUT2D eigenvalue weighted by Gasteiger charge is 2.30. The van der Waals surface area contributed by atoms with E-state index in [0.717, 1.165) is 11.3 Å². The Kier molecular flexibility index (Phi) is 3.28. The predicted octanol–water partition coefficient (Wildman–Crippen LogP) is 0.556. The van der Waals surface area contributed by atoms with Gasteiger partial charge in [-0.2, -0.15) is 0 Å². The molecule has 0 bridgehead atoms. The number of nitrogens with zero attached hydrogens (tertiary/aromatic N) is 2. The topological polar surface area (TPSA) is 82.5 Å². The van der Waals surface area contributed by atoms with Gasteiger partial charge in [0.15, 0.2) is 5.13 Å². The van der Waals surface area contributed by atoms with Crippen LogP contribution in [0.15, 0.2) is 6.20 Å². The molecular weight excluding hydrogens is 242 g/mol. The fourth-order valence-electron chi connectivity index (χ4n) is 1.85. The van der Waals surface area contributed by atoms with E-state index in [0.29, 0.717) is 24.6 Å². The molecule has 2 heterocycles. The third-order valence-corrected chi connectivity index (χ3v) is 3.69. The second-order valence-corrected chi connectivity index (χ2v) is 4.73.